The number of hydrogen-bond acceptors (Lipinski definition) is 1. The van der Waals surface area contributed by atoms with Gasteiger partial charge < -0.3 is 5.11 Å². The number of hydrogen-bond donors (Lipinski definition) is 1. The molecule has 92 valence electrons. The summed E-state index contributed by atoms with van der Waals surface area (Å²) in [5.74, 6) is 0. The van der Waals surface area contributed by atoms with Crippen molar-refractivity contribution < 1.29 is 5.11 Å². The summed E-state index contributed by atoms with van der Waals surface area (Å²) in [6.07, 6.45) is 9.17. The van der Waals surface area contributed by atoms with Gasteiger partial charge in [0.05, 0.1) is 5.60 Å². The molecule has 1 spiro atoms. The molecule has 0 radical (unpaired) electrons. The Labute approximate surface area is 99.9 Å². The second kappa shape index (κ2) is 3.60. The van der Waals surface area contributed by atoms with E-state index in [0.29, 0.717) is 0 Å². The third kappa shape index (κ3) is 1.55. The van der Waals surface area contributed by atoms with Gasteiger partial charge >= 0.3 is 0 Å². The number of allylic oxidation sites excluding steroid dienone is 2. The molecular weight excluding hydrogens is 196 g/mol. The molecule has 1 fully saturated rings. The maximum Gasteiger partial charge on any atom is 0.0683 e. The third-order valence-electron chi connectivity index (χ3n) is 5.54. The lowest BCUT2D eigenvalue weighted by Gasteiger charge is -2.59. The molecule has 0 aromatic rings. The van der Waals surface area contributed by atoms with E-state index in [1.54, 1.807) is 0 Å². The lowest BCUT2D eigenvalue weighted by atomic mass is 9.47. The molecule has 2 atom stereocenters. The minimum atomic E-state index is -0.480. The second-order valence-electron chi connectivity index (χ2n) is 6.85. The molecule has 2 aliphatic rings. The van der Waals surface area contributed by atoms with Gasteiger partial charge in [-0.05, 0) is 51.4 Å². The second-order valence-corrected chi connectivity index (χ2v) is 6.85. The predicted octanol–water partition coefficient (Wildman–Crippen LogP) is 4.06. The standard InChI is InChI=1S/C15H26O/c1-12-6-10-15(11-7-12)13(2,3)8-5-9-14(15,4)16/h6,16H,5,7-11H2,1-4H3/t14?,15-/m0/s1. The Morgan fingerprint density at radius 1 is 1.12 bits per heavy atom. The van der Waals surface area contributed by atoms with E-state index in [9.17, 15) is 5.11 Å². The van der Waals surface area contributed by atoms with Gasteiger partial charge in [0.2, 0.25) is 0 Å². The maximum atomic E-state index is 10.8. The topological polar surface area (TPSA) is 20.2 Å². The Bertz CT molecular complexity index is 293. The zero-order valence-electron chi connectivity index (χ0n) is 11.3. The molecule has 0 amide bonds. The summed E-state index contributed by atoms with van der Waals surface area (Å²) in [5.41, 5.74) is 1.40. The SMILES string of the molecule is CC1=CC[C@]2(CC1)C(C)(C)CCCC2(C)O. The van der Waals surface area contributed by atoms with E-state index in [4.69, 9.17) is 0 Å². The highest BCUT2D eigenvalue weighted by Crippen LogP contribution is 2.61. The van der Waals surface area contributed by atoms with Gasteiger partial charge in [-0.3, -0.25) is 0 Å². The summed E-state index contributed by atoms with van der Waals surface area (Å²) in [5, 5.41) is 10.8. The Balaban J connectivity index is 2.40. The molecule has 1 saturated carbocycles. The van der Waals surface area contributed by atoms with E-state index in [2.05, 4.69) is 33.8 Å². The van der Waals surface area contributed by atoms with Crippen molar-refractivity contribution in [2.45, 2.75) is 71.8 Å². The van der Waals surface area contributed by atoms with Crippen LogP contribution in [0.2, 0.25) is 0 Å². The van der Waals surface area contributed by atoms with Crippen molar-refractivity contribution >= 4 is 0 Å². The summed E-state index contributed by atoms with van der Waals surface area (Å²) in [4.78, 5) is 0. The molecule has 1 nitrogen and oxygen atoms in total. The van der Waals surface area contributed by atoms with Crippen LogP contribution in [0.25, 0.3) is 0 Å². The van der Waals surface area contributed by atoms with Gasteiger partial charge in [0.25, 0.3) is 0 Å². The lowest BCUT2D eigenvalue weighted by Crippen LogP contribution is -2.57. The van der Waals surface area contributed by atoms with Crippen molar-refractivity contribution in [1.82, 2.24) is 0 Å². The van der Waals surface area contributed by atoms with Gasteiger partial charge in [0, 0.05) is 5.41 Å². The van der Waals surface area contributed by atoms with E-state index in [0.717, 1.165) is 19.3 Å². The molecule has 0 bridgehead atoms. The van der Waals surface area contributed by atoms with Gasteiger partial charge in [-0.25, -0.2) is 0 Å². The van der Waals surface area contributed by atoms with Crippen LogP contribution >= 0.6 is 0 Å². The highest BCUT2D eigenvalue weighted by molar-refractivity contribution is 5.17. The normalized spacial score (nSPS) is 43.2. The predicted molar refractivity (Wildman–Crippen MR) is 68.3 cm³/mol. The molecule has 1 N–H and O–H groups in total. The fourth-order valence-corrected chi connectivity index (χ4v) is 4.15. The van der Waals surface area contributed by atoms with E-state index in [-0.39, 0.29) is 10.8 Å². The molecule has 0 saturated heterocycles. The molecule has 0 aromatic carbocycles. The smallest absolute Gasteiger partial charge is 0.0683 e. The van der Waals surface area contributed by atoms with Crippen LogP contribution in [0.15, 0.2) is 11.6 Å². The van der Waals surface area contributed by atoms with Crippen molar-refractivity contribution in [3.05, 3.63) is 11.6 Å². The van der Waals surface area contributed by atoms with Crippen molar-refractivity contribution in [3.8, 4) is 0 Å². The van der Waals surface area contributed by atoms with Crippen LogP contribution in [0.5, 0.6) is 0 Å². The monoisotopic (exact) mass is 222 g/mol. The van der Waals surface area contributed by atoms with Crippen molar-refractivity contribution in [2.24, 2.45) is 10.8 Å². The fraction of sp³-hybridized carbons (Fsp3) is 0.867. The minimum absolute atomic E-state index is 0.109. The van der Waals surface area contributed by atoms with Crippen LogP contribution in [0, 0.1) is 10.8 Å². The number of rotatable bonds is 0. The molecule has 0 heterocycles. The van der Waals surface area contributed by atoms with E-state index in [1.807, 2.05) is 0 Å². The zero-order valence-corrected chi connectivity index (χ0v) is 11.3. The molecule has 2 aliphatic carbocycles. The van der Waals surface area contributed by atoms with Crippen LogP contribution in [-0.4, -0.2) is 10.7 Å². The average Bonchev–Trinajstić information content (AvgIpc) is 2.16. The number of aliphatic hydroxyl groups is 1. The highest BCUT2D eigenvalue weighted by atomic mass is 16.3. The van der Waals surface area contributed by atoms with Crippen LogP contribution in [0.3, 0.4) is 0 Å². The van der Waals surface area contributed by atoms with Gasteiger partial charge in [-0.2, -0.15) is 0 Å². The summed E-state index contributed by atoms with van der Waals surface area (Å²) >= 11 is 0. The van der Waals surface area contributed by atoms with Crippen LogP contribution < -0.4 is 0 Å². The molecule has 16 heavy (non-hydrogen) atoms. The largest absolute Gasteiger partial charge is 0.390 e. The first-order valence-electron chi connectivity index (χ1n) is 6.69. The highest BCUT2D eigenvalue weighted by Gasteiger charge is 2.57. The first kappa shape index (κ1) is 12.2. The molecular formula is C15H26O. The third-order valence-corrected chi connectivity index (χ3v) is 5.54. The lowest BCUT2D eigenvalue weighted by molar-refractivity contribution is -0.171. The minimum Gasteiger partial charge on any atom is -0.390 e. The zero-order chi connectivity index (χ0) is 12.0. The first-order valence-corrected chi connectivity index (χ1v) is 6.69. The molecule has 1 heteroatoms. The van der Waals surface area contributed by atoms with Crippen molar-refractivity contribution in [1.29, 1.82) is 0 Å². The van der Waals surface area contributed by atoms with E-state index >= 15 is 0 Å². The molecule has 2 rings (SSSR count). The Kier molecular flexibility index (Phi) is 2.73. The van der Waals surface area contributed by atoms with E-state index in [1.165, 1.54) is 24.8 Å². The van der Waals surface area contributed by atoms with Crippen LogP contribution in [-0.2, 0) is 0 Å². The van der Waals surface area contributed by atoms with Gasteiger partial charge in [-0.15, -0.1) is 0 Å². The Hall–Kier alpha value is -0.300. The molecule has 0 aliphatic heterocycles. The summed E-state index contributed by atoms with van der Waals surface area (Å²) < 4.78 is 0. The average molecular weight is 222 g/mol. The van der Waals surface area contributed by atoms with Gasteiger partial charge in [0.1, 0.15) is 0 Å². The first-order chi connectivity index (χ1) is 7.31. The van der Waals surface area contributed by atoms with Gasteiger partial charge in [0.15, 0.2) is 0 Å². The van der Waals surface area contributed by atoms with Gasteiger partial charge in [-0.1, -0.05) is 31.9 Å². The van der Waals surface area contributed by atoms with Crippen molar-refractivity contribution in [2.75, 3.05) is 0 Å². The van der Waals surface area contributed by atoms with Crippen LogP contribution in [0.4, 0.5) is 0 Å². The summed E-state index contributed by atoms with van der Waals surface area (Å²) in [6, 6.07) is 0. The summed E-state index contributed by atoms with van der Waals surface area (Å²) in [7, 11) is 0. The fourth-order valence-electron chi connectivity index (χ4n) is 4.15. The Morgan fingerprint density at radius 2 is 1.81 bits per heavy atom. The summed E-state index contributed by atoms with van der Waals surface area (Å²) in [6.45, 7) is 9.00. The van der Waals surface area contributed by atoms with Crippen molar-refractivity contribution in [3.63, 3.8) is 0 Å². The van der Waals surface area contributed by atoms with E-state index < -0.39 is 5.60 Å². The van der Waals surface area contributed by atoms with Crippen LogP contribution in [0.1, 0.15) is 66.2 Å². The molecule has 0 aromatic heterocycles. The maximum absolute atomic E-state index is 10.8. The Morgan fingerprint density at radius 3 is 2.31 bits per heavy atom. The quantitative estimate of drug-likeness (QED) is 0.613. The molecule has 1 unspecified atom stereocenters.